The molecule has 0 bridgehead atoms. The molecule has 0 aliphatic carbocycles. The van der Waals surface area contributed by atoms with E-state index in [0.717, 1.165) is 82.8 Å². The second-order valence-electron chi connectivity index (χ2n) is 14.4. The van der Waals surface area contributed by atoms with E-state index in [2.05, 4.69) is 83.4 Å². The monoisotopic (exact) mass is 850 g/mol. The Labute approximate surface area is 357 Å². The lowest BCUT2D eigenvalue weighted by Crippen LogP contribution is -2.46. The molecule has 1 aliphatic rings. The molecule has 0 radical (unpaired) electrons. The summed E-state index contributed by atoms with van der Waals surface area (Å²) in [4.78, 5) is 49.6. The van der Waals surface area contributed by atoms with Crippen molar-refractivity contribution in [3.05, 3.63) is 107 Å². The van der Waals surface area contributed by atoms with E-state index < -0.39 is 0 Å². The molecular weight excluding hydrogens is 801 g/mol. The maximum absolute atomic E-state index is 12.9. The van der Waals surface area contributed by atoms with Gasteiger partial charge in [-0.25, -0.2) is 15.0 Å². The van der Waals surface area contributed by atoms with Gasteiger partial charge < -0.3 is 34.9 Å². The van der Waals surface area contributed by atoms with Crippen LogP contribution in [0.1, 0.15) is 49.5 Å². The van der Waals surface area contributed by atoms with Gasteiger partial charge in [-0.2, -0.15) is 0 Å². The lowest BCUT2D eigenvalue weighted by molar-refractivity contribution is 0.0392. The topological polar surface area (TPSA) is 183 Å². The fraction of sp³-hybridized carbons (Fsp3) is 0.381. The number of nitrogens with one attached hydrogen (secondary N) is 1. The number of thioether (sulfide) groups is 1. The number of hydrogen-bond acceptors (Lipinski definition) is 15. The highest BCUT2D eigenvalue weighted by atomic mass is 32.2. The fourth-order valence-corrected chi connectivity index (χ4v) is 8.59. The summed E-state index contributed by atoms with van der Waals surface area (Å²) in [5.41, 5.74) is 14.7. The number of nitrogens with two attached hydrogens (primary N) is 1. The number of likely N-dealkylation sites (N-methyl/N-ethyl adjacent to an activating group) is 1. The van der Waals surface area contributed by atoms with E-state index in [1.165, 1.54) is 22.5 Å². The predicted molar refractivity (Wildman–Crippen MR) is 234 cm³/mol. The number of nitrogens with zero attached hydrogens (tertiary/aromatic N) is 10. The summed E-state index contributed by atoms with van der Waals surface area (Å²) in [5.74, 6) is 0.852. The van der Waals surface area contributed by atoms with Crippen LogP contribution in [0.25, 0.3) is 16.7 Å². The van der Waals surface area contributed by atoms with Crippen molar-refractivity contribution in [2.45, 2.75) is 36.9 Å². The first-order chi connectivity index (χ1) is 29.2. The van der Waals surface area contributed by atoms with Crippen molar-refractivity contribution >= 4 is 57.5 Å². The first-order valence-electron chi connectivity index (χ1n) is 19.9. The third-order valence-electron chi connectivity index (χ3n) is 10.2. The molecule has 314 valence electrons. The zero-order valence-corrected chi connectivity index (χ0v) is 35.8. The highest BCUT2D eigenvalue weighted by Crippen LogP contribution is 2.28. The van der Waals surface area contributed by atoms with Crippen molar-refractivity contribution in [1.82, 2.24) is 49.8 Å². The Bertz CT molecular complexity index is 2350. The molecule has 60 heavy (non-hydrogen) atoms. The van der Waals surface area contributed by atoms with Crippen LogP contribution in [0.5, 0.6) is 0 Å². The second-order valence-corrected chi connectivity index (χ2v) is 16.6. The number of benzene rings is 1. The van der Waals surface area contributed by atoms with Crippen LogP contribution in [0.15, 0.2) is 77.9 Å². The fourth-order valence-electron chi connectivity index (χ4n) is 6.67. The largest absolute Gasteiger partial charge is 0.383 e. The Hall–Kier alpha value is -5.53. The zero-order chi connectivity index (χ0) is 41.8. The molecular formula is C42H50N12O4S2. The van der Waals surface area contributed by atoms with E-state index in [1.54, 1.807) is 48.5 Å². The van der Waals surface area contributed by atoms with Gasteiger partial charge >= 0.3 is 0 Å². The van der Waals surface area contributed by atoms with Crippen molar-refractivity contribution < 1.29 is 19.1 Å². The Kier molecular flexibility index (Phi) is 14.6. The van der Waals surface area contributed by atoms with Crippen LogP contribution in [0.3, 0.4) is 0 Å². The van der Waals surface area contributed by atoms with Crippen LogP contribution in [0.2, 0.25) is 0 Å². The van der Waals surface area contributed by atoms with Gasteiger partial charge in [-0.15, -0.1) is 10.2 Å². The third kappa shape index (κ3) is 11.2. The average molecular weight is 851 g/mol. The van der Waals surface area contributed by atoms with Crippen LogP contribution in [0, 0.1) is 6.92 Å². The van der Waals surface area contributed by atoms with Crippen molar-refractivity contribution in [1.29, 1.82) is 0 Å². The molecule has 5 aromatic heterocycles. The molecule has 16 nitrogen and oxygen atoms in total. The molecule has 0 atom stereocenters. The SMILES string of the molecule is CCc1cc2ncc(CN3CCN(c4ccc(C(=O)NCCOCCOCCN(C)C(=O)c5nnc(SCc6ccc(-n7ccnc7)cc6C)s5)nc4)CC3)cc2nc1N. The first-order valence-corrected chi connectivity index (χ1v) is 21.7. The quantitative estimate of drug-likeness (QED) is 0.0848. The van der Waals surface area contributed by atoms with Crippen LogP contribution >= 0.6 is 23.1 Å². The summed E-state index contributed by atoms with van der Waals surface area (Å²) in [6.45, 7) is 10.6. The van der Waals surface area contributed by atoms with Crippen molar-refractivity contribution in [3.63, 3.8) is 0 Å². The normalized spacial score (nSPS) is 13.2. The number of carbonyl (C=O) groups is 2. The minimum absolute atomic E-state index is 0.194. The van der Waals surface area contributed by atoms with E-state index in [1.807, 2.05) is 29.1 Å². The first kappa shape index (κ1) is 42.6. The molecule has 6 heterocycles. The zero-order valence-electron chi connectivity index (χ0n) is 34.1. The van der Waals surface area contributed by atoms with E-state index in [0.29, 0.717) is 56.0 Å². The molecule has 1 aromatic carbocycles. The number of ether oxygens (including phenoxy) is 2. The molecule has 1 fully saturated rings. The van der Waals surface area contributed by atoms with Crippen LogP contribution in [0.4, 0.5) is 11.5 Å². The number of fused-ring (bicyclic) bond motifs is 1. The molecule has 18 heteroatoms. The van der Waals surface area contributed by atoms with Gasteiger partial charge in [-0.3, -0.25) is 19.5 Å². The number of piperazine rings is 1. The molecule has 6 aromatic rings. The number of aromatic nitrogens is 7. The number of carbonyl (C=O) groups excluding carboxylic acids is 2. The molecule has 2 amide bonds. The van der Waals surface area contributed by atoms with E-state index >= 15 is 0 Å². The summed E-state index contributed by atoms with van der Waals surface area (Å²) in [6.07, 6.45) is 9.97. The number of imidazole rings is 1. The Balaban J connectivity index is 0.727. The molecule has 0 unspecified atom stereocenters. The maximum Gasteiger partial charge on any atom is 0.284 e. The number of rotatable bonds is 19. The summed E-state index contributed by atoms with van der Waals surface area (Å²) in [7, 11) is 1.72. The smallest absolute Gasteiger partial charge is 0.284 e. The van der Waals surface area contributed by atoms with Gasteiger partial charge in [0.15, 0.2) is 4.34 Å². The number of nitrogen functional groups attached to an aromatic ring is 1. The Morgan fingerprint density at radius 1 is 0.933 bits per heavy atom. The predicted octanol–water partition coefficient (Wildman–Crippen LogP) is 4.66. The summed E-state index contributed by atoms with van der Waals surface area (Å²) in [5, 5.41) is 11.6. The number of amides is 2. The molecule has 1 aliphatic heterocycles. The lowest BCUT2D eigenvalue weighted by Gasteiger charge is -2.36. The number of anilines is 2. The van der Waals surface area contributed by atoms with E-state index in [-0.39, 0.29) is 11.8 Å². The minimum atomic E-state index is -0.252. The standard InChI is InChI=1S/C42H50N12O4S2/c1-4-31-23-36-37(48-38(31)43)22-30(24-46-36)26-52-12-14-53(15-13-52)34-7-8-35(47-25-34)39(55)45-10-17-57-19-20-58-18-16-51(3)41(56)40-49-50-42(60-40)59-27-32-5-6-33(21-29(32)2)54-11-9-44-28-54/h5-9,11,21-25,28H,4,10,12-20,26-27H2,1-3H3,(H2,43,48)(H,45,55). The van der Waals surface area contributed by atoms with Gasteiger partial charge in [0.2, 0.25) is 5.01 Å². The molecule has 3 N–H and O–H groups in total. The minimum Gasteiger partial charge on any atom is -0.383 e. The van der Waals surface area contributed by atoms with Gasteiger partial charge in [-0.05, 0) is 72.0 Å². The second kappa shape index (κ2) is 20.6. The molecule has 7 rings (SSSR count). The van der Waals surface area contributed by atoms with Crippen molar-refractivity contribution in [2.24, 2.45) is 0 Å². The summed E-state index contributed by atoms with van der Waals surface area (Å²) < 4.78 is 14.0. The van der Waals surface area contributed by atoms with Crippen LogP contribution < -0.4 is 16.0 Å². The molecule has 1 saturated heterocycles. The van der Waals surface area contributed by atoms with Gasteiger partial charge in [0.05, 0.1) is 55.7 Å². The van der Waals surface area contributed by atoms with Gasteiger partial charge in [0, 0.05) is 82.9 Å². The third-order valence-corrected chi connectivity index (χ3v) is 12.3. The highest BCUT2D eigenvalue weighted by Gasteiger charge is 2.20. The number of hydrogen-bond donors (Lipinski definition) is 2. The Morgan fingerprint density at radius 2 is 1.75 bits per heavy atom. The van der Waals surface area contributed by atoms with E-state index in [4.69, 9.17) is 15.2 Å². The molecule has 0 spiro atoms. The van der Waals surface area contributed by atoms with Gasteiger partial charge in [0.25, 0.3) is 11.8 Å². The van der Waals surface area contributed by atoms with Gasteiger partial charge in [-0.1, -0.05) is 36.1 Å². The van der Waals surface area contributed by atoms with Crippen LogP contribution in [-0.2, 0) is 28.2 Å². The summed E-state index contributed by atoms with van der Waals surface area (Å²) in [6, 6.07) is 14.1. The van der Waals surface area contributed by atoms with Gasteiger partial charge in [0.1, 0.15) is 11.5 Å². The van der Waals surface area contributed by atoms with Crippen molar-refractivity contribution in [3.8, 4) is 5.69 Å². The highest BCUT2D eigenvalue weighted by molar-refractivity contribution is 8.00. The maximum atomic E-state index is 12.9. The van der Waals surface area contributed by atoms with Crippen molar-refractivity contribution in [2.75, 3.05) is 83.4 Å². The number of aryl methyl sites for hydroxylation is 2. The number of pyridine rings is 3. The Morgan fingerprint density at radius 3 is 2.50 bits per heavy atom. The van der Waals surface area contributed by atoms with E-state index in [9.17, 15) is 9.59 Å². The average Bonchev–Trinajstić information content (AvgIpc) is 3.99. The van der Waals surface area contributed by atoms with Crippen LogP contribution in [-0.4, -0.2) is 129 Å². The molecule has 0 saturated carbocycles. The summed E-state index contributed by atoms with van der Waals surface area (Å²) >= 11 is 2.85. The lowest BCUT2D eigenvalue weighted by atomic mass is 10.1.